The standard InChI is InChI=1S/C21H23N5/c1-14(2)17-9-5-6-10-18(17)23-21-24-20(13-22-25-21)26-15(3)12-16-8-4-7-11-19(16)26/h4-11,13-15H,12H2,1-3H3,(H,23,24,25). The molecular weight excluding hydrogens is 322 g/mol. The van der Waals surface area contributed by atoms with Gasteiger partial charge >= 0.3 is 0 Å². The average Bonchev–Trinajstić information content (AvgIpc) is 2.98. The number of nitrogens with one attached hydrogen (secondary N) is 1. The van der Waals surface area contributed by atoms with E-state index in [0.29, 0.717) is 17.9 Å². The zero-order chi connectivity index (χ0) is 18.1. The maximum atomic E-state index is 4.74. The summed E-state index contributed by atoms with van der Waals surface area (Å²) >= 11 is 0. The van der Waals surface area contributed by atoms with Crippen LogP contribution in [0.5, 0.6) is 0 Å². The number of anilines is 4. The first-order chi connectivity index (χ1) is 12.6. The molecule has 5 heteroatoms. The highest BCUT2D eigenvalue weighted by atomic mass is 15.3. The summed E-state index contributed by atoms with van der Waals surface area (Å²) < 4.78 is 0. The maximum Gasteiger partial charge on any atom is 0.249 e. The lowest BCUT2D eigenvalue weighted by molar-refractivity contribution is 0.745. The molecule has 0 bridgehead atoms. The van der Waals surface area contributed by atoms with E-state index in [1.165, 1.54) is 16.8 Å². The van der Waals surface area contributed by atoms with E-state index < -0.39 is 0 Å². The summed E-state index contributed by atoms with van der Waals surface area (Å²) in [6.07, 6.45) is 2.75. The van der Waals surface area contributed by atoms with Crippen molar-refractivity contribution in [2.45, 2.75) is 39.2 Å². The van der Waals surface area contributed by atoms with Gasteiger partial charge in [0.05, 0.1) is 6.20 Å². The Morgan fingerprint density at radius 3 is 2.69 bits per heavy atom. The second kappa shape index (κ2) is 6.75. The highest BCUT2D eigenvalue weighted by molar-refractivity contribution is 5.69. The van der Waals surface area contributed by atoms with Gasteiger partial charge in [-0.05, 0) is 42.5 Å². The van der Waals surface area contributed by atoms with Gasteiger partial charge in [-0.25, -0.2) is 0 Å². The summed E-state index contributed by atoms with van der Waals surface area (Å²) in [5.74, 6) is 1.76. The number of nitrogens with zero attached hydrogens (tertiary/aromatic N) is 4. The highest BCUT2D eigenvalue weighted by Crippen LogP contribution is 2.37. The zero-order valence-electron chi connectivity index (χ0n) is 15.3. The van der Waals surface area contributed by atoms with Crippen molar-refractivity contribution in [1.82, 2.24) is 15.2 Å². The van der Waals surface area contributed by atoms with Crippen molar-refractivity contribution in [1.29, 1.82) is 0 Å². The third-order valence-electron chi connectivity index (χ3n) is 4.83. The van der Waals surface area contributed by atoms with E-state index in [0.717, 1.165) is 17.9 Å². The molecule has 26 heavy (non-hydrogen) atoms. The van der Waals surface area contributed by atoms with Crippen LogP contribution < -0.4 is 10.2 Å². The molecule has 0 spiro atoms. The first-order valence-corrected chi connectivity index (χ1v) is 9.06. The van der Waals surface area contributed by atoms with E-state index in [1.54, 1.807) is 6.20 Å². The number of rotatable bonds is 4. The fraction of sp³-hybridized carbons (Fsp3) is 0.286. The lowest BCUT2D eigenvalue weighted by Crippen LogP contribution is -2.25. The van der Waals surface area contributed by atoms with Crippen LogP contribution in [0, 0.1) is 0 Å². The molecule has 0 aliphatic carbocycles. The van der Waals surface area contributed by atoms with Gasteiger partial charge in [0.1, 0.15) is 0 Å². The molecule has 0 amide bonds. The smallest absolute Gasteiger partial charge is 0.249 e. The van der Waals surface area contributed by atoms with E-state index in [-0.39, 0.29) is 0 Å². The summed E-state index contributed by atoms with van der Waals surface area (Å²) in [5, 5.41) is 11.7. The molecule has 4 rings (SSSR count). The van der Waals surface area contributed by atoms with Gasteiger partial charge in [0, 0.05) is 17.4 Å². The Morgan fingerprint density at radius 2 is 1.85 bits per heavy atom. The number of fused-ring (bicyclic) bond motifs is 1. The van der Waals surface area contributed by atoms with Crippen molar-refractivity contribution in [2.24, 2.45) is 0 Å². The van der Waals surface area contributed by atoms with Crippen LogP contribution in [0.25, 0.3) is 0 Å². The van der Waals surface area contributed by atoms with Crippen LogP contribution in [0.4, 0.5) is 23.1 Å². The fourth-order valence-corrected chi connectivity index (χ4v) is 3.61. The van der Waals surface area contributed by atoms with Crippen molar-refractivity contribution in [3.63, 3.8) is 0 Å². The zero-order valence-corrected chi connectivity index (χ0v) is 15.3. The Labute approximate surface area is 154 Å². The van der Waals surface area contributed by atoms with Gasteiger partial charge in [0.2, 0.25) is 5.95 Å². The minimum Gasteiger partial charge on any atom is -0.323 e. The van der Waals surface area contributed by atoms with Gasteiger partial charge in [-0.15, -0.1) is 5.10 Å². The molecule has 1 aromatic heterocycles. The molecule has 2 aromatic carbocycles. The topological polar surface area (TPSA) is 53.9 Å². The van der Waals surface area contributed by atoms with Gasteiger partial charge in [-0.2, -0.15) is 10.1 Å². The van der Waals surface area contributed by atoms with Crippen LogP contribution in [-0.4, -0.2) is 21.2 Å². The quantitative estimate of drug-likeness (QED) is 0.734. The van der Waals surface area contributed by atoms with Crippen LogP contribution in [0.3, 0.4) is 0 Å². The van der Waals surface area contributed by atoms with E-state index in [4.69, 9.17) is 4.98 Å². The Bertz CT molecular complexity index is 922. The Kier molecular flexibility index (Phi) is 4.29. The molecule has 2 heterocycles. The maximum absolute atomic E-state index is 4.74. The van der Waals surface area contributed by atoms with Crippen molar-refractivity contribution in [3.05, 3.63) is 65.9 Å². The summed E-state index contributed by atoms with van der Waals surface area (Å²) in [4.78, 5) is 6.98. The van der Waals surface area contributed by atoms with Crippen molar-refractivity contribution in [2.75, 3.05) is 10.2 Å². The van der Waals surface area contributed by atoms with Crippen LogP contribution in [-0.2, 0) is 6.42 Å². The largest absolute Gasteiger partial charge is 0.323 e. The first kappa shape index (κ1) is 16.5. The van der Waals surface area contributed by atoms with Crippen LogP contribution in [0.1, 0.15) is 37.8 Å². The molecular formula is C21H23N5. The number of aromatic nitrogens is 3. The Hall–Kier alpha value is -2.95. The summed E-state index contributed by atoms with van der Waals surface area (Å²) in [7, 11) is 0. The van der Waals surface area contributed by atoms with Gasteiger partial charge in [-0.1, -0.05) is 50.2 Å². The lowest BCUT2D eigenvalue weighted by Gasteiger charge is -2.23. The van der Waals surface area contributed by atoms with Crippen molar-refractivity contribution < 1.29 is 0 Å². The third kappa shape index (κ3) is 3.01. The molecule has 0 saturated carbocycles. The van der Waals surface area contributed by atoms with Crippen molar-refractivity contribution in [3.8, 4) is 0 Å². The molecule has 0 fully saturated rings. The van der Waals surface area contributed by atoms with Crippen LogP contribution >= 0.6 is 0 Å². The number of benzene rings is 2. The normalized spacial score (nSPS) is 16.0. The summed E-state index contributed by atoms with van der Waals surface area (Å²) in [6, 6.07) is 17.1. The summed E-state index contributed by atoms with van der Waals surface area (Å²) in [5.41, 5.74) is 4.81. The monoisotopic (exact) mass is 345 g/mol. The second-order valence-electron chi connectivity index (χ2n) is 7.06. The molecule has 1 aliphatic rings. The number of hydrogen-bond acceptors (Lipinski definition) is 5. The molecule has 0 saturated heterocycles. The average molecular weight is 345 g/mol. The van der Waals surface area contributed by atoms with Gasteiger partial charge in [-0.3, -0.25) is 0 Å². The minimum absolute atomic E-state index is 0.347. The van der Waals surface area contributed by atoms with Gasteiger partial charge in [0.25, 0.3) is 0 Å². The molecule has 1 atom stereocenters. The van der Waals surface area contributed by atoms with E-state index in [1.807, 2.05) is 6.07 Å². The molecule has 1 N–H and O–H groups in total. The SMILES string of the molecule is CC(C)c1ccccc1Nc1nncc(N2c3ccccc3CC2C)n1. The third-order valence-corrected chi connectivity index (χ3v) is 4.83. The fourth-order valence-electron chi connectivity index (χ4n) is 3.61. The second-order valence-corrected chi connectivity index (χ2v) is 7.06. The number of hydrogen-bond donors (Lipinski definition) is 1. The number of para-hydroxylation sites is 2. The minimum atomic E-state index is 0.347. The molecule has 0 radical (unpaired) electrons. The van der Waals surface area contributed by atoms with Crippen LogP contribution in [0.15, 0.2) is 54.7 Å². The Morgan fingerprint density at radius 1 is 1.08 bits per heavy atom. The van der Waals surface area contributed by atoms with E-state index >= 15 is 0 Å². The molecule has 5 nitrogen and oxygen atoms in total. The predicted octanol–water partition coefficient (Wildman–Crippen LogP) is 4.82. The predicted molar refractivity (Wildman–Crippen MR) is 105 cm³/mol. The molecule has 132 valence electrons. The van der Waals surface area contributed by atoms with Crippen molar-refractivity contribution >= 4 is 23.1 Å². The molecule has 1 unspecified atom stereocenters. The molecule has 1 aliphatic heterocycles. The highest BCUT2D eigenvalue weighted by Gasteiger charge is 2.28. The summed E-state index contributed by atoms with van der Waals surface area (Å²) in [6.45, 7) is 6.57. The van der Waals surface area contributed by atoms with Gasteiger partial charge < -0.3 is 10.2 Å². The van der Waals surface area contributed by atoms with Crippen LogP contribution in [0.2, 0.25) is 0 Å². The van der Waals surface area contributed by atoms with E-state index in [2.05, 4.69) is 83.6 Å². The lowest BCUT2D eigenvalue weighted by atomic mass is 10.0. The van der Waals surface area contributed by atoms with E-state index in [9.17, 15) is 0 Å². The Balaban J connectivity index is 1.66. The molecule has 3 aromatic rings. The van der Waals surface area contributed by atoms with Gasteiger partial charge in [0.15, 0.2) is 5.82 Å². The first-order valence-electron chi connectivity index (χ1n) is 9.06.